The maximum absolute atomic E-state index is 10.1. The number of fused-ring (bicyclic) bond motifs is 1. The molecule has 1 aromatic heterocycles. The topological polar surface area (TPSA) is 81.6 Å². The predicted molar refractivity (Wildman–Crippen MR) is 149 cm³/mol. The molecule has 0 amide bonds. The first-order valence-electron chi connectivity index (χ1n) is 12.6. The van der Waals surface area contributed by atoms with E-state index in [1.807, 2.05) is 30.3 Å². The van der Waals surface area contributed by atoms with Gasteiger partial charge < -0.3 is 19.5 Å². The third kappa shape index (κ3) is 6.02. The standard InChI is InChI=1S/C30H31N3O3.ClH/c31-20-28-27-19-25(35)11-14-29(27)33(30(28)23-7-9-24(34)10-8-23)21-22-5-12-26(13-6-22)36-18-17-32-15-3-1-2-4-16-32;/h5-14,19,34-35H,1-4,15-18,21H2;1H. The number of ether oxygens (including phenoxy) is 1. The van der Waals surface area contributed by atoms with Crippen LogP contribution in [0, 0.1) is 11.3 Å². The van der Waals surface area contributed by atoms with E-state index in [-0.39, 0.29) is 23.9 Å². The van der Waals surface area contributed by atoms with Gasteiger partial charge in [-0.25, -0.2) is 0 Å². The third-order valence-corrected chi connectivity index (χ3v) is 6.94. The molecule has 1 aliphatic rings. The van der Waals surface area contributed by atoms with Crippen molar-refractivity contribution in [2.75, 3.05) is 26.2 Å². The minimum absolute atomic E-state index is 0. The van der Waals surface area contributed by atoms with Gasteiger partial charge in [0.05, 0.1) is 16.8 Å². The minimum atomic E-state index is 0. The Morgan fingerprint density at radius 3 is 2.19 bits per heavy atom. The smallest absolute Gasteiger partial charge is 0.119 e. The van der Waals surface area contributed by atoms with Crippen molar-refractivity contribution in [2.24, 2.45) is 0 Å². The zero-order chi connectivity index (χ0) is 24.9. The number of hydrogen-bond acceptors (Lipinski definition) is 5. The van der Waals surface area contributed by atoms with Crippen LogP contribution in [0.3, 0.4) is 0 Å². The second kappa shape index (κ2) is 12.1. The van der Waals surface area contributed by atoms with Crippen LogP contribution < -0.4 is 4.74 Å². The molecule has 0 spiro atoms. The quantitative estimate of drug-likeness (QED) is 0.300. The second-order valence-corrected chi connectivity index (χ2v) is 9.42. The lowest BCUT2D eigenvalue weighted by Gasteiger charge is -2.19. The maximum atomic E-state index is 10.1. The van der Waals surface area contributed by atoms with Gasteiger partial charge >= 0.3 is 0 Å². The third-order valence-electron chi connectivity index (χ3n) is 6.94. The SMILES string of the molecule is Cl.N#Cc1c(-c2ccc(O)cc2)n(Cc2ccc(OCCN3CCCCCC3)cc2)c2ccc(O)cc12. The first-order valence-corrected chi connectivity index (χ1v) is 12.6. The summed E-state index contributed by atoms with van der Waals surface area (Å²) in [6, 6.07) is 22.4. The molecule has 37 heavy (non-hydrogen) atoms. The Hall–Kier alpha value is -3.66. The maximum Gasteiger partial charge on any atom is 0.119 e. The highest BCUT2D eigenvalue weighted by molar-refractivity contribution is 5.95. The van der Waals surface area contributed by atoms with E-state index >= 15 is 0 Å². The molecule has 2 N–H and O–H groups in total. The minimum Gasteiger partial charge on any atom is -0.508 e. The number of likely N-dealkylation sites (tertiary alicyclic amines) is 1. The molecule has 0 unspecified atom stereocenters. The van der Waals surface area contributed by atoms with E-state index in [0.29, 0.717) is 24.1 Å². The molecule has 4 aromatic rings. The van der Waals surface area contributed by atoms with Crippen molar-refractivity contribution < 1.29 is 14.9 Å². The van der Waals surface area contributed by atoms with Gasteiger partial charge in [-0.3, -0.25) is 4.90 Å². The number of halogens is 1. The van der Waals surface area contributed by atoms with Crippen LogP contribution in [0.1, 0.15) is 36.8 Å². The average molecular weight is 518 g/mol. The van der Waals surface area contributed by atoms with Crippen molar-refractivity contribution in [3.05, 3.63) is 77.9 Å². The number of benzene rings is 3. The van der Waals surface area contributed by atoms with Crippen molar-refractivity contribution in [3.8, 4) is 34.6 Å². The normalized spacial score (nSPS) is 14.0. The molecule has 0 bridgehead atoms. The van der Waals surface area contributed by atoms with Gasteiger partial charge in [0, 0.05) is 18.5 Å². The van der Waals surface area contributed by atoms with Crippen LogP contribution in [0.15, 0.2) is 66.7 Å². The Labute approximate surface area is 223 Å². The fourth-order valence-electron chi connectivity index (χ4n) is 5.07. The van der Waals surface area contributed by atoms with E-state index in [4.69, 9.17) is 4.74 Å². The lowest BCUT2D eigenvalue weighted by molar-refractivity contribution is 0.214. The molecule has 0 saturated carbocycles. The van der Waals surface area contributed by atoms with Crippen LogP contribution in [0.5, 0.6) is 17.2 Å². The molecule has 1 aliphatic heterocycles. The van der Waals surface area contributed by atoms with Crippen LogP contribution >= 0.6 is 12.4 Å². The molecule has 6 nitrogen and oxygen atoms in total. The average Bonchev–Trinajstić information content (AvgIpc) is 3.01. The Morgan fingerprint density at radius 2 is 1.51 bits per heavy atom. The van der Waals surface area contributed by atoms with Crippen LogP contribution in [0.4, 0.5) is 0 Å². The molecule has 1 fully saturated rings. The van der Waals surface area contributed by atoms with Crippen molar-refractivity contribution in [1.82, 2.24) is 9.47 Å². The van der Waals surface area contributed by atoms with Crippen LogP contribution in [0.25, 0.3) is 22.2 Å². The summed E-state index contributed by atoms with van der Waals surface area (Å²) >= 11 is 0. The van der Waals surface area contributed by atoms with Crippen molar-refractivity contribution >= 4 is 23.3 Å². The summed E-state index contributed by atoms with van der Waals surface area (Å²) in [5, 5.41) is 30.6. The molecular weight excluding hydrogens is 486 g/mol. The van der Waals surface area contributed by atoms with Gasteiger partial charge in [-0.2, -0.15) is 5.26 Å². The van der Waals surface area contributed by atoms with Crippen LogP contribution in [-0.4, -0.2) is 45.9 Å². The van der Waals surface area contributed by atoms with Gasteiger partial charge in [0.25, 0.3) is 0 Å². The number of aromatic hydroxyl groups is 2. The molecule has 1 saturated heterocycles. The molecule has 3 aromatic carbocycles. The van der Waals surface area contributed by atoms with E-state index < -0.39 is 0 Å². The van der Waals surface area contributed by atoms with Crippen LogP contribution in [-0.2, 0) is 6.54 Å². The molecule has 0 radical (unpaired) electrons. The van der Waals surface area contributed by atoms with Crippen molar-refractivity contribution in [2.45, 2.75) is 32.2 Å². The first kappa shape index (κ1) is 26.4. The van der Waals surface area contributed by atoms with E-state index in [2.05, 4.69) is 27.7 Å². The van der Waals surface area contributed by atoms with E-state index in [0.717, 1.165) is 34.6 Å². The highest BCUT2D eigenvalue weighted by atomic mass is 35.5. The summed E-state index contributed by atoms with van der Waals surface area (Å²) in [7, 11) is 0. The molecule has 0 aliphatic carbocycles. The molecule has 0 atom stereocenters. The van der Waals surface area contributed by atoms with E-state index in [9.17, 15) is 15.5 Å². The summed E-state index contributed by atoms with van der Waals surface area (Å²) in [5.41, 5.74) is 4.03. The number of phenols is 2. The molecule has 2 heterocycles. The van der Waals surface area contributed by atoms with Gasteiger partial charge in [0.15, 0.2) is 0 Å². The summed E-state index contributed by atoms with van der Waals surface area (Å²) < 4.78 is 8.11. The Balaban J connectivity index is 0.00000320. The van der Waals surface area contributed by atoms with Crippen molar-refractivity contribution in [3.63, 3.8) is 0 Å². The molecule has 7 heteroatoms. The Kier molecular flexibility index (Phi) is 8.60. The Morgan fingerprint density at radius 1 is 0.838 bits per heavy atom. The number of hydrogen-bond donors (Lipinski definition) is 2. The van der Waals surface area contributed by atoms with Gasteiger partial charge in [0.1, 0.15) is 29.9 Å². The zero-order valence-electron chi connectivity index (χ0n) is 20.8. The lowest BCUT2D eigenvalue weighted by Crippen LogP contribution is -2.29. The molecular formula is C30H32ClN3O3. The van der Waals surface area contributed by atoms with Gasteiger partial charge in [-0.1, -0.05) is 25.0 Å². The summed E-state index contributed by atoms with van der Waals surface area (Å²) in [4.78, 5) is 2.49. The van der Waals surface area contributed by atoms with Gasteiger partial charge in [-0.05, 0) is 91.7 Å². The number of phenolic OH excluding ortho intramolecular Hbond substituents is 2. The number of nitriles is 1. The van der Waals surface area contributed by atoms with E-state index in [1.54, 1.807) is 24.3 Å². The Bertz CT molecular complexity index is 1370. The monoisotopic (exact) mass is 517 g/mol. The molecule has 5 rings (SSSR count). The van der Waals surface area contributed by atoms with Gasteiger partial charge in [0.2, 0.25) is 0 Å². The number of aromatic nitrogens is 1. The summed E-state index contributed by atoms with van der Waals surface area (Å²) in [6.07, 6.45) is 5.23. The van der Waals surface area contributed by atoms with E-state index in [1.165, 1.54) is 38.8 Å². The largest absolute Gasteiger partial charge is 0.508 e. The zero-order valence-corrected chi connectivity index (χ0v) is 21.6. The first-order chi connectivity index (χ1) is 17.6. The van der Waals surface area contributed by atoms with Crippen LogP contribution in [0.2, 0.25) is 0 Å². The number of nitrogens with zero attached hydrogens (tertiary/aromatic N) is 3. The summed E-state index contributed by atoms with van der Waals surface area (Å²) in [5.74, 6) is 1.14. The highest BCUT2D eigenvalue weighted by Crippen LogP contribution is 2.36. The lowest BCUT2D eigenvalue weighted by atomic mass is 10.1. The fraction of sp³-hybridized carbons (Fsp3) is 0.300. The van der Waals surface area contributed by atoms with Gasteiger partial charge in [-0.15, -0.1) is 12.4 Å². The second-order valence-electron chi connectivity index (χ2n) is 9.42. The predicted octanol–water partition coefficient (Wildman–Crippen LogP) is 6.32. The number of rotatable bonds is 7. The fourth-order valence-corrected chi connectivity index (χ4v) is 5.07. The van der Waals surface area contributed by atoms with Crippen molar-refractivity contribution in [1.29, 1.82) is 5.26 Å². The molecule has 192 valence electrons. The summed E-state index contributed by atoms with van der Waals surface area (Å²) in [6.45, 7) is 4.52. The highest BCUT2D eigenvalue weighted by Gasteiger charge is 2.19.